The molecular formula is C22H29N5O5S. The molecule has 0 aliphatic carbocycles. The number of rotatable bonds is 5. The molecular weight excluding hydrogens is 446 g/mol. The van der Waals surface area contributed by atoms with E-state index in [9.17, 15) is 18.7 Å². The van der Waals surface area contributed by atoms with Crippen LogP contribution in [0.25, 0.3) is 0 Å². The van der Waals surface area contributed by atoms with Gasteiger partial charge in [-0.3, -0.25) is 13.9 Å². The number of anilines is 2. The van der Waals surface area contributed by atoms with Crippen LogP contribution in [0.15, 0.2) is 42.6 Å². The first kappa shape index (κ1) is 23.1. The van der Waals surface area contributed by atoms with Crippen LogP contribution < -0.4 is 15.1 Å². The summed E-state index contributed by atoms with van der Waals surface area (Å²) in [6.45, 7) is 3.67. The van der Waals surface area contributed by atoms with E-state index >= 15 is 0 Å². The summed E-state index contributed by atoms with van der Waals surface area (Å²) in [5, 5.41) is 12.0. The lowest BCUT2D eigenvalue weighted by Gasteiger charge is -2.41. The van der Waals surface area contributed by atoms with Gasteiger partial charge in [-0.25, -0.2) is 9.78 Å². The van der Waals surface area contributed by atoms with E-state index in [2.05, 4.69) is 15.2 Å². The number of carboxylic acid groups (broad SMARTS) is 1. The Bertz CT molecular complexity index is 968. The second kappa shape index (κ2) is 9.86. The number of piperazine rings is 1. The molecule has 4 N–H and O–H groups in total. The summed E-state index contributed by atoms with van der Waals surface area (Å²) < 4.78 is 19.5. The minimum Gasteiger partial charge on any atom is -0.465 e. The number of hydrogen-bond donors (Lipinski definition) is 4. The van der Waals surface area contributed by atoms with E-state index in [0.29, 0.717) is 62.9 Å². The van der Waals surface area contributed by atoms with Gasteiger partial charge in [0.15, 0.2) is 0 Å². The van der Waals surface area contributed by atoms with Crippen molar-refractivity contribution in [2.24, 2.45) is 0 Å². The Morgan fingerprint density at radius 1 is 0.909 bits per heavy atom. The third kappa shape index (κ3) is 5.86. The summed E-state index contributed by atoms with van der Waals surface area (Å²) in [6, 6.07) is 11.1. The molecule has 0 unspecified atom stereocenters. The van der Waals surface area contributed by atoms with Gasteiger partial charge < -0.3 is 25.1 Å². The molecule has 0 saturated carbocycles. The molecule has 1 aromatic heterocycles. The summed E-state index contributed by atoms with van der Waals surface area (Å²) in [6.07, 6.45) is 0.834. The molecule has 0 atom stereocenters. The molecule has 0 spiro atoms. The molecule has 10 nitrogen and oxygen atoms in total. The van der Waals surface area contributed by atoms with Crippen molar-refractivity contribution in [2.75, 3.05) is 60.6 Å². The highest BCUT2D eigenvalue weighted by molar-refractivity contribution is 8.24. The first-order valence-corrected chi connectivity index (χ1v) is 12.7. The number of pyridine rings is 1. The number of carbonyl (C=O) groups excluding carboxylic acids is 1. The lowest BCUT2D eigenvalue weighted by atomic mass is 10.1. The van der Waals surface area contributed by atoms with Crippen LogP contribution in [0.3, 0.4) is 0 Å². The van der Waals surface area contributed by atoms with E-state index in [0.717, 1.165) is 17.1 Å². The highest BCUT2D eigenvalue weighted by Crippen LogP contribution is 2.40. The normalized spacial score (nSPS) is 19.2. The minimum absolute atomic E-state index is 0.178. The van der Waals surface area contributed by atoms with Crippen molar-refractivity contribution in [3.63, 3.8) is 0 Å². The maximum Gasteiger partial charge on any atom is 0.407 e. The molecule has 2 saturated heterocycles. The van der Waals surface area contributed by atoms with Crippen molar-refractivity contribution in [1.29, 1.82) is 0 Å². The molecule has 0 radical (unpaired) electrons. The molecule has 11 heteroatoms. The minimum atomic E-state index is -2.43. The third-order valence-corrected chi connectivity index (χ3v) is 7.68. The van der Waals surface area contributed by atoms with E-state index in [1.165, 1.54) is 4.90 Å². The predicted molar refractivity (Wildman–Crippen MR) is 128 cm³/mol. The van der Waals surface area contributed by atoms with Crippen molar-refractivity contribution in [1.82, 2.24) is 15.2 Å². The Morgan fingerprint density at radius 2 is 1.58 bits per heavy atom. The Balaban J connectivity index is 1.26. The maximum absolute atomic E-state index is 12.5. The average Bonchev–Trinajstić information content (AvgIpc) is 2.83. The van der Waals surface area contributed by atoms with Gasteiger partial charge in [-0.05, 0) is 35.9 Å². The third-order valence-electron chi connectivity index (χ3n) is 6.01. The highest BCUT2D eigenvalue weighted by atomic mass is 32.3. The van der Waals surface area contributed by atoms with Gasteiger partial charge in [-0.1, -0.05) is 6.07 Å². The van der Waals surface area contributed by atoms with Crippen LogP contribution in [-0.4, -0.2) is 86.9 Å². The van der Waals surface area contributed by atoms with Crippen LogP contribution >= 0.6 is 10.6 Å². The first-order valence-electron chi connectivity index (χ1n) is 10.9. The second-order valence-corrected chi connectivity index (χ2v) is 10.6. The van der Waals surface area contributed by atoms with Gasteiger partial charge in [0.2, 0.25) is 0 Å². The van der Waals surface area contributed by atoms with Crippen LogP contribution in [0.5, 0.6) is 0 Å². The number of nitrogens with one attached hydrogen (secondary N) is 1. The smallest absolute Gasteiger partial charge is 0.407 e. The average molecular weight is 476 g/mol. The zero-order valence-electron chi connectivity index (χ0n) is 18.3. The Morgan fingerprint density at radius 3 is 2.15 bits per heavy atom. The fourth-order valence-corrected chi connectivity index (χ4v) is 5.16. The Hall–Kier alpha value is -3.02. The van der Waals surface area contributed by atoms with Crippen molar-refractivity contribution in [3.05, 3.63) is 53.7 Å². The van der Waals surface area contributed by atoms with E-state index in [4.69, 9.17) is 5.11 Å². The van der Waals surface area contributed by atoms with Crippen molar-refractivity contribution in [2.45, 2.75) is 6.54 Å². The number of amides is 2. The van der Waals surface area contributed by atoms with Crippen LogP contribution in [0.2, 0.25) is 0 Å². The fraction of sp³-hybridized carbons (Fsp3) is 0.409. The predicted octanol–water partition coefficient (Wildman–Crippen LogP) is 2.38. The van der Waals surface area contributed by atoms with Gasteiger partial charge >= 0.3 is 6.09 Å². The van der Waals surface area contributed by atoms with E-state index in [1.807, 2.05) is 29.2 Å². The van der Waals surface area contributed by atoms with Crippen molar-refractivity contribution in [3.8, 4) is 0 Å². The first-order chi connectivity index (χ1) is 15.8. The summed E-state index contributed by atoms with van der Waals surface area (Å²) in [4.78, 5) is 33.6. The molecule has 4 rings (SSSR count). The van der Waals surface area contributed by atoms with Crippen LogP contribution in [0.4, 0.5) is 16.3 Å². The van der Waals surface area contributed by atoms with Gasteiger partial charge in [0, 0.05) is 63.3 Å². The number of aromatic nitrogens is 1. The van der Waals surface area contributed by atoms with Crippen LogP contribution in [0, 0.1) is 0 Å². The molecule has 0 bridgehead atoms. The summed E-state index contributed by atoms with van der Waals surface area (Å²) >= 11 is 0. The lowest BCUT2D eigenvalue weighted by molar-refractivity contribution is 0.0950. The maximum atomic E-state index is 12.5. The SMILES string of the molecule is O=C(NCc1ccc(N2CCS(O)(O)CC2)nc1)c1ccc(N2CCN(C(=O)O)CC2)cc1. The molecule has 3 heterocycles. The van der Waals surface area contributed by atoms with Gasteiger partial charge in [-0.2, -0.15) is 10.6 Å². The van der Waals surface area contributed by atoms with E-state index in [1.54, 1.807) is 18.3 Å². The van der Waals surface area contributed by atoms with Gasteiger partial charge in [-0.15, -0.1) is 0 Å². The zero-order valence-corrected chi connectivity index (χ0v) is 19.1. The molecule has 178 valence electrons. The van der Waals surface area contributed by atoms with Gasteiger partial charge in [0.1, 0.15) is 5.82 Å². The van der Waals surface area contributed by atoms with E-state index in [-0.39, 0.29) is 5.91 Å². The van der Waals surface area contributed by atoms with Crippen LogP contribution in [0.1, 0.15) is 15.9 Å². The van der Waals surface area contributed by atoms with Gasteiger partial charge in [0.05, 0.1) is 11.5 Å². The number of benzene rings is 1. The topological polar surface area (TPSA) is 129 Å². The summed E-state index contributed by atoms with van der Waals surface area (Å²) in [7, 11) is -2.43. The van der Waals surface area contributed by atoms with Crippen molar-refractivity contribution >= 4 is 34.1 Å². The Labute approximate surface area is 194 Å². The Kier molecular flexibility index (Phi) is 6.91. The molecule has 1 aromatic carbocycles. The van der Waals surface area contributed by atoms with Crippen molar-refractivity contribution < 1.29 is 23.8 Å². The second-order valence-electron chi connectivity index (χ2n) is 8.21. The number of hydrogen-bond acceptors (Lipinski definition) is 7. The quantitative estimate of drug-likeness (QED) is 0.519. The number of carbonyl (C=O) groups is 2. The monoisotopic (exact) mass is 475 g/mol. The standard InChI is InChI=1S/C22H29N5O5S/c28-21(18-2-4-19(5-3-18)25-7-9-27(10-8-25)22(29)30)24-16-17-1-6-20(23-15-17)26-11-13-33(31,32)14-12-26/h1-6,15,31-32H,7-14,16H2,(H,24,28)(H,29,30). The van der Waals surface area contributed by atoms with Crippen LogP contribution in [-0.2, 0) is 6.54 Å². The molecule has 2 fully saturated rings. The van der Waals surface area contributed by atoms with E-state index < -0.39 is 16.7 Å². The molecule has 2 aliphatic heterocycles. The highest BCUT2D eigenvalue weighted by Gasteiger charge is 2.23. The molecule has 2 aromatic rings. The fourth-order valence-electron chi connectivity index (χ4n) is 3.93. The molecule has 2 amide bonds. The summed E-state index contributed by atoms with van der Waals surface area (Å²) in [5.41, 5.74) is 2.40. The zero-order chi connectivity index (χ0) is 23.4. The molecule has 2 aliphatic rings. The summed E-state index contributed by atoms with van der Waals surface area (Å²) in [5.74, 6) is 1.34. The lowest BCUT2D eigenvalue weighted by Crippen LogP contribution is -2.48. The largest absolute Gasteiger partial charge is 0.465 e. The van der Waals surface area contributed by atoms with Gasteiger partial charge in [0.25, 0.3) is 5.91 Å². The number of nitrogens with zero attached hydrogens (tertiary/aromatic N) is 4. The molecule has 33 heavy (non-hydrogen) atoms.